The molecule has 0 aliphatic rings. The predicted octanol–water partition coefficient (Wildman–Crippen LogP) is 1.75. The molecule has 0 aliphatic heterocycles. The third-order valence-electron chi connectivity index (χ3n) is 1.32. The second-order valence-electron chi connectivity index (χ2n) is 2.15. The molecular weight excluding hydrogens is 198 g/mol. The molecule has 0 saturated carbocycles. The van der Waals surface area contributed by atoms with Crippen LogP contribution in [0.1, 0.15) is 10.4 Å². The van der Waals surface area contributed by atoms with Crippen LogP contribution in [-0.4, -0.2) is 16.0 Å². The number of nitro benzene ring substituents is 1. The summed E-state index contributed by atoms with van der Waals surface area (Å²) in [7, 11) is 0. The minimum absolute atomic E-state index is 0.199. The first-order valence-corrected chi connectivity index (χ1v) is 3.49. The molecule has 6 heteroatoms. The number of hydrogen-bond donors (Lipinski definition) is 1. The number of carboxylic acids is 1. The largest absolute Gasteiger partial charge is 0.478 e. The molecule has 0 saturated heterocycles. The zero-order valence-electron chi connectivity index (χ0n) is 6.15. The monoisotopic (exact) mass is 200 g/mol. The Morgan fingerprint density at radius 3 is 2.77 bits per heavy atom. The lowest BCUT2D eigenvalue weighted by Gasteiger charge is -1.95. The molecular formula is C7H3ClNO4. The van der Waals surface area contributed by atoms with E-state index >= 15 is 0 Å². The van der Waals surface area contributed by atoms with Gasteiger partial charge in [0.25, 0.3) is 5.69 Å². The molecule has 0 heterocycles. The second kappa shape index (κ2) is 3.40. The van der Waals surface area contributed by atoms with E-state index in [0.29, 0.717) is 0 Å². The Morgan fingerprint density at radius 1 is 1.69 bits per heavy atom. The maximum atomic E-state index is 10.4. The van der Waals surface area contributed by atoms with Gasteiger partial charge in [-0.05, 0) is 6.07 Å². The summed E-state index contributed by atoms with van der Waals surface area (Å²) in [6, 6.07) is 4.25. The number of benzene rings is 1. The lowest BCUT2D eigenvalue weighted by molar-refractivity contribution is -0.384. The Morgan fingerprint density at radius 2 is 2.31 bits per heavy atom. The van der Waals surface area contributed by atoms with Crippen LogP contribution in [0, 0.1) is 16.2 Å². The molecule has 1 rings (SSSR count). The fourth-order valence-electron chi connectivity index (χ4n) is 0.724. The summed E-state index contributed by atoms with van der Waals surface area (Å²) in [5, 5.41) is 18.6. The Labute approximate surface area is 77.7 Å². The third kappa shape index (κ3) is 1.94. The van der Waals surface area contributed by atoms with Crippen molar-refractivity contribution in [1.29, 1.82) is 0 Å². The zero-order valence-corrected chi connectivity index (χ0v) is 6.91. The molecule has 1 aromatic carbocycles. The van der Waals surface area contributed by atoms with Crippen LogP contribution in [0.5, 0.6) is 0 Å². The normalized spacial score (nSPS) is 9.62. The SMILES string of the molecule is O=C(O)c1c[c]c(Cl)c([N+](=O)[O-])c1. The van der Waals surface area contributed by atoms with Crippen LogP contribution in [0.3, 0.4) is 0 Å². The van der Waals surface area contributed by atoms with Gasteiger partial charge in [-0.1, -0.05) is 11.6 Å². The number of nitro groups is 1. The quantitative estimate of drug-likeness (QED) is 0.583. The minimum Gasteiger partial charge on any atom is -0.478 e. The molecule has 1 aromatic rings. The summed E-state index contributed by atoms with van der Waals surface area (Å²) in [4.78, 5) is 19.9. The van der Waals surface area contributed by atoms with E-state index < -0.39 is 16.6 Å². The number of carbonyl (C=O) groups is 1. The molecule has 0 fully saturated rings. The Balaban J connectivity index is 3.27. The average molecular weight is 201 g/mol. The smallest absolute Gasteiger partial charge is 0.335 e. The van der Waals surface area contributed by atoms with Crippen molar-refractivity contribution in [2.24, 2.45) is 0 Å². The zero-order chi connectivity index (χ0) is 10.0. The van der Waals surface area contributed by atoms with E-state index in [0.717, 1.165) is 12.1 Å². The van der Waals surface area contributed by atoms with Crippen LogP contribution in [-0.2, 0) is 0 Å². The van der Waals surface area contributed by atoms with Gasteiger partial charge < -0.3 is 5.11 Å². The maximum absolute atomic E-state index is 10.4. The number of carboxylic acid groups (broad SMARTS) is 1. The van der Waals surface area contributed by atoms with E-state index in [4.69, 9.17) is 16.7 Å². The molecule has 0 atom stereocenters. The molecule has 0 aromatic heterocycles. The van der Waals surface area contributed by atoms with Crippen LogP contribution in [0.15, 0.2) is 12.1 Å². The van der Waals surface area contributed by atoms with Crippen molar-refractivity contribution in [2.75, 3.05) is 0 Å². The summed E-state index contributed by atoms with van der Waals surface area (Å²) in [6.07, 6.45) is 0. The average Bonchev–Trinajstić information content (AvgIpc) is 2.04. The van der Waals surface area contributed by atoms with Gasteiger partial charge in [-0.15, -0.1) is 0 Å². The number of halogens is 1. The number of aromatic carboxylic acids is 1. The molecule has 0 unspecified atom stereocenters. The van der Waals surface area contributed by atoms with E-state index in [1.165, 1.54) is 0 Å². The lowest BCUT2D eigenvalue weighted by Crippen LogP contribution is -1.98. The van der Waals surface area contributed by atoms with Gasteiger partial charge in [-0.2, -0.15) is 0 Å². The van der Waals surface area contributed by atoms with E-state index in [1.807, 2.05) is 0 Å². The number of nitrogens with zero attached hydrogens (tertiary/aromatic N) is 1. The summed E-state index contributed by atoms with van der Waals surface area (Å²) in [5.74, 6) is -1.25. The summed E-state index contributed by atoms with van der Waals surface area (Å²) >= 11 is 5.41. The highest BCUT2D eigenvalue weighted by Crippen LogP contribution is 2.24. The van der Waals surface area contributed by atoms with Crippen LogP contribution >= 0.6 is 11.6 Å². The van der Waals surface area contributed by atoms with Gasteiger partial charge in [0, 0.05) is 12.1 Å². The molecule has 0 spiro atoms. The fraction of sp³-hybridized carbons (Fsp3) is 0. The van der Waals surface area contributed by atoms with Crippen molar-refractivity contribution in [1.82, 2.24) is 0 Å². The lowest BCUT2D eigenvalue weighted by atomic mass is 10.2. The number of rotatable bonds is 2. The second-order valence-corrected chi connectivity index (χ2v) is 2.53. The van der Waals surface area contributed by atoms with Gasteiger partial charge in [0.1, 0.15) is 5.02 Å². The predicted molar refractivity (Wildman–Crippen MR) is 43.9 cm³/mol. The van der Waals surface area contributed by atoms with E-state index in [9.17, 15) is 14.9 Å². The summed E-state index contributed by atoms with van der Waals surface area (Å²) < 4.78 is 0. The molecule has 0 aliphatic carbocycles. The van der Waals surface area contributed by atoms with Crippen molar-refractivity contribution in [2.45, 2.75) is 0 Å². The molecule has 5 nitrogen and oxygen atoms in total. The Hall–Kier alpha value is -1.62. The highest BCUT2D eigenvalue weighted by molar-refractivity contribution is 6.32. The first-order valence-electron chi connectivity index (χ1n) is 3.11. The highest BCUT2D eigenvalue weighted by atomic mass is 35.5. The summed E-state index contributed by atoms with van der Waals surface area (Å²) in [6.45, 7) is 0. The third-order valence-corrected chi connectivity index (χ3v) is 1.62. The maximum Gasteiger partial charge on any atom is 0.335 e. The first-order chi connectivity index (χ1) is 6.02. The highest BCUT2D eigenvalue weighted by Gasteiger charge is 2.15. The van der Waals surface area contributed by atoms with Crippen molar-refractivity contribution in [3.63, 3.8) is 0 Å². The van der Waals surface area contributed by atoms with Gasteiger partial charge in [0.15, 0.2) is 0 Å². The summed E-state index contributed by atoms with van der Waals surface area (Å²) in [5.41, 5.74) is -0.669. The molecule has 0 bridgehead atoms. The van der Waals surface area contributed by atoms with E-state index in [1.54, 1.807) is 0 Å². The van der Waals surface area contributed by atoms with Gasteiger partial charge in [0.05, 0.1) is 10.5 Å². The van der Waals surface area contributed by atoms with E-state index in [2.05, 4.69) is 6.07 Å². The van der Waals surface area contributed by atoms with Crippen molar-refractivity contribution in [3.8, 4) is 0 Å². The van der Waals surface area contributed by atoms with Crippen molar-refractivity contribution < 1.29 is 14.8 Å². The van der Waals surface area contributed by atoms with Crippen LogP contribution < -0.4 is 0 Å². The number of hydrogen-bond acceptors (Lipinski definition) is 3. The molecule has 13 heavy (non-hydrogen) atoms. The van der Waals surface area contributed by atoms with Gasteiger partial charge in [-0.25, -0.2) is 4.79 Å². The van der Waals surface area contributed by atoms with Crippen LogP contribution in [0.2, 0.25) is 5.02 Å². The molecule has 0 amide bonds. The van der Waals surface area contributed by atoms with Crippen molar-refractivity contribution in [3.05, 3.63) is 38.9 Å². The standard InChI is InChI=1S/C7H3ClNO4/c8-5-2-1-4(7(10)11)3-6(5)9(12)13/h1,3H,(H,10,11). The topological polar surface area (TPSA) is 80.4 Å². The molecule has 1 radical (unpaired) electrons. The molecule has 1 N–H and O–H groups in total. The van der Waals surface area contributed by atoms with Crippen molar-refractivity contribution >= 4 is 23.3 Å². The van der Waals surface area contributed by atoms with Gasteiger partial charge >= 0.3 is 5.97 Å². The van der Waals surface area contributed by atoms with E-state index in [-0.39, 0.29) is 10.6 Å². The van der Waals surface area contributed by atoms with Crippen LogP contribution in [0.4, 0.5) is 5.69 Å². The Kier molecular flexibility index (Phi) is 2.48. The first kappa shape index (κ1) is 9.47. The Bertz CT molecular complexity index is 377. The van der Waals surface area contributed by atoms with Gasteiger partial charge in [-0.3, -0.25) is 10.1 Å². The molecule has 67 valence electrons. The fourth-order valence-corrected chi connectivity index (χ4v) is 0.902. The van der Waals surface area contributed by atoms with Crippen LogP contribution in [0.25, 0.3) is 0 Å². The van der Waals surface area contributed by atoms with Gasteiger partial charge in [0.2, 0.25) is 0 Å². The minimum atomic E-state index is -1.25.